The number of likely N-dealkylation sites (N-methyl/N-ethyl adjacent to an activating group) is 1. The molecule has 0 radical (unpaired) electrons. The lowest BCUT2D eigenvalue weighted by atomic mass is 9.98. The van der Waals surface area contributed by atoms with E-state index in [-0.39, 0.29) is 31.6 Å². The smallest absolute Gasteiger partial charge is 0.326 e. The van der Waals surface area contributed by atoms with Gasteiger partial charge in [0.25, 0.3) is 0 Å². The summed E-state index contributed by atoms with van der Waals surface area (Å²) in [5, 5.41) is 36.1. The number of phenolic OH excluding ortho intramolecular Hbond substituents is 1. The Hall–Kier alpha value is -5.32. The van der Waals surface area contributed by atoms with Gasteiger partial charge in [0.05, 0.1) is 0 Å². The number of carbonyl (C=O) groups is 7. The lowest BCUT2D eigenvalue weighted by molar-refractivity contribution is -0.143. The lowest BCUT2D eigenvalue weighted by Crippen LogP contribution is -2.60. The minimum absolute atomic E-state index is 0.0828. The molecule has 336 valence electrons. The average molecular weight is 868 g/mol. The molecule has 0 bridgehead atoms. The monoisotopic (exact) mass is 867 g/mol. The zero-order valence-corrected chi connectivity index (χ0v) is 37.0. The fraction of sp³-hybridized carbons (Fsp3) is 0.568. The number of carbonyl (C=O) groups excluding carboxylic acids is 6. The molecule has 17 heteroatoms. The van der Waals surface area contributed by atoms with Crippen molar-refractivity contribution >= 4 is 53.3 Å². The summed E-state index contributed by atoms with van der Waals surface area (Å²) in [5.41, 5.74) is 1.72. The van der Waals surface area contributed by atoms with Crippen molar-refractivity contribution in [2.24, 2.45) is 11.8 Å². The zero-order valence-electron chi connectivity index (χ0n) is 36.2. The summed E-state index contributed by atoms with van der Waals surface area (Å²) in [6.07, 6.45) is 4.53. The van der Waals surface area contributed by atoms with Crippen molar-refractivity contribution in [3.05, 3.63) is 65.7 Å². The number of aliphatic carboxylic acids is 1. The first kappa shape index (κ1) is 50.0. The third kappa shape index (κ3) is 16.2. The second-order valence-electron chi connectivity index (χ2n) is 16.0. The van der Waals surface area contributed by atoms with Crippen LogP contribution in [0, 0.1) is 11.8 Å². The predicted molar refractivity (Wildman–Crippen MR) is 235 cm³/mol. The number of nitrogens with zero attached hydrogens (tertiary/aromatic N) is 1. The molecular weight excluding hydrogens is 803 g/mol. The van der Waals surface area contributed by atoms with Crippen LogP contribution in [0.5, 0.6) is 5.75 Å². The van der Waals surface area contributed by atoms with E-state index < -0.39 is 89.6 Å². The van der Waals surface area contributed by atoms with Gasteiger partial charge in [-0.1, -0.05) is 76.6 Å². The van der Waals surface area contributed by atoms with Gasteiger partial charge in [0, 0.05) is 13.6 Å². The Labute approximate surface area is 363 Å². The summed E-state index contributed by atoms with van der Waals surface area (Å²) in [5.74, 6) is -4.32. The lowest BCUT2D eigenvalue weighted by Gasteiger charge is -2.33. The summed E-state index contributed by atoms with van der Waals surface area (Å²) in [6.45, 7) is 7.13. The summed E-state index contributed by atoms with van der Waals surface area (Å²) in [7, 11) is 1.49. The molecule has 2 aromatic carbocycles. The van der Waals surface area contributed by atoms with E-state index in [4.69, 9.17) is 0 Å². The van der Waals surface area contributed by atoms with Gasteiger partial charge in [-0.25, -0.2) is 9.59 Å². The number of amides is 7. The number of hydrogen-bond acceptors (Lipinski definition) is 9. The molecule has 1 aliphatic rings. The minimum atomic E-state index is -1.22. The first-order valence-electron chi connectivity index (χ1n) is 21.1. The van der Waals surface area contributed by atoms with Crippen LogP contribution in [0.2, 0.25) is 0 Å². The molecule has 61 heavy (non-hydrogen) atoms. The van der Waals surface area contributed by atoms with Crippen molar-refractivity contribution < 1.29 is 43.8 Å². The molecule has 7 amide bonds. The van der Waals surface area contributed by atoms with E-state index in [0.717, 1.165) is 11.1 Å². The quantitative estimate of drug-likeness (QED) is 0.130. The SMILES string of the molecule is CCC(C)C(NC(=O)NC1CCCCNC(=O)C(CCSC)NC(=O)C(CCc2ccc(O)cc2)N(C)C(=O)C(CCc2ccccc2)NC(=O)C(C(C)C)NC1=O)C(=O)O. The van der Waals surface area contributed by atoms with E-state index in [2.05, 4.69) is 31.9 Å². The van der Waals surface area contributed by atoms with Gasteiger partial charge in [-0.3, -0.25) is 24.0 Å². The molecule has 2 aromatic rings. The second kappa shape index (κ2) is 25.5. The molecule has 1 saturated heterocycles. The average Bonchev–Trinajstić information content (AvgIpc) is 3.23. The Morgan fingerprint density at radius 2 is 1.46 bits per heavy atom. The molecule has 1 aliphatic heterocycles. The third-order valence-electron chi connectivity index (χ3n) is 11.0. The molecule has 1 fully saturated rings. The number of rotatable bonds is 15. The van der Waals surface area contributed by atoms with Crippen LogP contribution in [0.4, 0.5) is 4.79 Å². The predicted octanol–water partition coefficient (Wildman–Crippen LogP) is 3.12. The van der Waals surface area contributed by atoms with E-state index in [1.54, 1.807) is 39.8 Å². The Morgan fingerprint density at radius 1 is 0.820 bits per heavy atom. The van der Waals surface area contributed by atoms with Crippen molar-refractivity contribution in [3.8, 4) is 5.75 Å². The van der Waals surface area contributed by atoms with E-state index in [1.165, 1.54) is 35.8 Å². The molecule has 7 atom stereocenters. The van der Waals surface area contributed by atoms with Gasteiger partial charge in [-0.2, -0.15) is 11.8 Å². The number of thioether (sulfide) groups is 1. The van der Waals surface area contributed by atoms with E-state index in [9.17, 15) is 43.8 Å². The summed E-state index contributed by atoms with van der Waals surface area (Å²) < 4.78 is 0. The van der Waals surface area contributed by atoms with Crippen molar-refractivity contribution in [1.82, 2.24) is 36.8 Å². The number of urea groups is 1. The fourth-order valence-corrected chi connectivity index (χ4v) is 7.47. The van der Waals surface area contributed by atoms with E-state index >= 15 is 0 Å². The van der Waals surface area contributed by atoms with Gasteiger partial charge in [0.15, 0.2) is 0 Å². The van der Waals surface area contributed by atoms with Gasteiger partial charge in [0.1, 0.15) is 42.0 Å². The van der Waals surface area contributed by atoms with Crippen LogP contribution in [0.25, 0.3) is 0 Å². The Balaban J connectivity index is 2.04. The van der Waals surface area contributed by atoms with Crippen LogP contribution < -0.4 is 31.9 Å². The number of aromatic hydroxyl groups is 1. The molecule has 7 unspecified atom stereocenters. The van der Waals surface area contributed by atoms with Crippen molar-refractivity contribution in [3.63, 3.8) is 0 Å². The maximum absolute atomic E-state index is 14.6. The van der Waals surface area contributed by atoms with Crippen LogP contribution >= 0.6 is 11.8 Å². The van der Waals surface area contributed by atoms with Gasteiger partial charge >= 0.3 is 12.0 Å². The van der Waals surface area contributed by atoms with Crippen molar-refractivity contribution in [1.29, 1.82) is 0 Å². The van der Waals surface area contributed by atoms with Crippen LogP contribution in [0.15, 0.2) is 54.6 Å². The van der Waals surface area contributed by atoms with Gasteiger partial charge in [-0.15, -0.1) is 0 Å². The van der Waals surface area contributed by atoms with Crippen LogP contribution in [-0.4, -0.2) is 119 Å². The highest BCUT2D eigenvalue weighted by Gasteiger charge is 2.37. The second-order valence-corrected chi connectivity index (χ2v) is 17.0. The van der Waals surface area contributed by atoms with Crippen LogP contribution in [0.3, 0.4) is 0 Å². The summed E-state index contributed by atoms with van der Waals surface area (Å²) >= 11 is 1.51. The Bertz CT molecular complexity index is 1760. The number of nitrogens with one attached hydrogen (secondary N) is 6. The molecule has 0 spiro atoms. The van der Waals surface area contributed by atoms with Crippen LogP contribution in [-0.2, 0) is 41.6 Å². The highest BCUT2D eigenvalue weighted by molar-refractivity contribution is 7.98. The molecule has 0 aromatic heterocycles. The van der Waals surface area contributed by atoms with E-state index in [0.29, 0.717) is 44.3 Å². The van der Waals surface area contributed by atoms with Gasteiger partial charge in [-0.05, 0) is 98.5 Å². The fourth-order valence-electron chi connectivity index (χ4n) is 7.00. The van der Waals surface area contributed by atoms with Gasteiger partial charge in [0.2, 0.25) is 29.5 Å². The largest absolute Gasteiger partial charge is 0.508 e. The number of carboxylic acids is 1. The number of benzene rings is 2. The Morgan fingerprint density at radius 3 is 2.08 bits per heavy atom. The summed E-state index contributed by atoms with van der Waals surface area (Å²) in [4.78, 5) is 97.2. The third-order valence-corrected chi connectivity index (χ3v) is 11.7. The topological polar surface area (TPSA) is 235 Å². The van der Waals surface area contributed by atoms with Crippen molar-refractivity contribution in [2.75, 3.05) is 25.6 Å². The highest BCUT2D eigenvalue weighted by atomic mass is 32.2. The van der Waals surface area contributed by atoms with Gasteiger partial charge < -0.3 is 47.0 Å². The minimum Gasteiger partial charge on any atom is -0.508 e. The number of phenols is 1. The zero-order chi connectivity index (χ0) is 45.1. The number of aryl methyl sites for hydroxylation is 2. The maximum Gasteiger partial charge on any atom is 0.326 e. The molecule has 0 saturated carbocycles. The first-order chi connectivity index (χ1) is 29.1. The first-order valence-corrected chi connectivity index (χ1v) is 22.5. The number of hydrogen-bond donors (Lipinski definition) is 8. The number of carboxylic acid groups (broad SMARTS) is 1. The maximum atomic E-state index is 14.6. The van der Waals surface area contributed by atoms with Crippen molar-refractivity contribution in [2.45, 2.75) is 122 Å². The molecule has 1 heterocycles. The normalized spacial score (nSPS) is 22.3. The molecule has 0 aliphatic carbocycles. The highest BCUT2D eigenvalue weighted by Crippen LogP contribution is 2.18. The molecule has 8 N–H and O–H groups in total. The van der Waals surface area contributed by atoms with Crippen LogP contribution in [0.1, 0.15) is 83.8 Å². The summed E-state index contributed by atoms with van der Waals surface area (Å²) in [6, 6.07) is 8.34. The molecular formula is C44H65N7O9S. The molecule has 3 rings (SSSR count). The Kier molecular flexibility index (Phi) is 20.9. The van der Waals surface area contributed by atoms with E-state index in [1.807, 2.05) is 36.6 Å². The standard InChI is InChI=1S/C44H65N7O9S/c1-7-28(4)37(43(58)59)50-44(60)48-32-15-11-12-25-45-38(53)33(24-26-61-6)46-40(55)35(23-19-30-16-20-31(52)21-17-30)51(5)42(57)34(22-18-29-13-9-8-10-14-29)47-41(56)36(27(2)3)49-39(32)54/h8-10,13-14,16-17,20-21,27-28,32-37,52H,7,11-12,15,18-19,22-26H2,1-6H3,(H,45,53)(H,46,55)(H,47,56)(H,49,54)(H,58,59)(H2,48,50,60). The molecule has 16 nitrogen and oxygen atoms in total.